The summed E-state index contributed by atoms with van der Waals surface area (Å²) in [7, 11) is -2.25. The van der Waals surface area contributed by atoms with Crippen LogP contribution in [0.4, 0.5) is 0 Å². The molecular weight excluding hydrogens is 215 g/mol. The van der Waals surface area contributed by atoms with Crippen LogP contribution in [-0.4, -0.2) is 33.5 Å². The number of hydrogen-bond donors (Lipinski definition) is 2. The van der Waals surface area contributed by atoms with Gasteiger partial charge in [-0.2, -0.15) is 0 Å². The van der Waals surface area contributed by atoms with Crippen molar-refractivity contribution in [2.24, 2.45) is 0 Å². The summed E-state index contributed by atoms with van der Waals surface area (Å²) in [6.07, 6.45) is 0.454. The van der Waals surface area contributed by atoms with Crippen molar-refractivity contribution in [2.45, 2.75) is 46.2 Å². The van der Waals surface area contributed by atoms with Gasteiger partial charge in [-0.05, 0) is 27.7 Å². The fraction of sp³-hybridized carbons (Fsp3) is 0.889. The van der Waals surface area contributed by atoms with Crippen LogP contribution >= 0.6 is 8.60 Å². The van der Waals surface area contributed by atoms with Gasteiger partial charge in [-0.25, -0.2) is 0 Å². The second-order valence-corrected chi connectivity index (χ2v) is 4.43. The predicted molar refractivity (Wildman–Crippen MR) is 61.3 cm³/mol. The van der Waals surface area contributed by atoms with Crippen molar-refractivity contribution in [3.8, 4) is 6.07 Å². The SMILES string of the molecule is CC(C)N([N+]#CCCOP(O)O)C(C)C. The Morgan fingerprint density at radius 3 is 2.20 bits per heavy atom. The average molecular weight is 235 g/mol. The van der Waals surface area contributed by atoms with E-state index in [9.17, 15) is 0 Å². The Balaban J connectivity index is 3.91. The summed E-state index contributed by atoms with van der Waals surface area (Å²) in [5, 5.41) is 1.93. The first-order chi connectivity index (χ1) is 6.95. The molecule has 0 aromatic rings. The van der Waals surface area contributed by atoms with Crippen LogP contribution in [0.15, 0.2) is 0 Å². The molecule has 0 radical (unpaired) electrons. The maximum atomic E-state index is 8.47. The van der Waals surface area contributed by atoms with Crippen molar-refractivity contribution in [2.75, 3.05) is 6.61 Å². The molecule has 0 heterocycles. The molecule has 0 saturated carbocycles. The van der Waals surface area contributed by atoms with Gasteiger partial charge in [0.25, 0.3) is 0 Å². The molecule has 88 valence electrons. The van der Waals surface area contributed by atoms with Gasteiger partial charge in [0.1, 0.15) is 6.42 Å². The van der Waals surface area contributed by atoms with Crippen LogP contribution in [0.3, 0.4) is 0 Å². The van der Waals surface area contributed by atoms with Crippen LogP contribution in [0, 0.1) is 6.07 Å². The molecule has 0 saturated heterocycles. The van der Waals surface area contributed by atoms with Gasteiger partial charge in [0, 0.05) is 0 Å². The highest BCUT2D eigenvalue weighted by atomic mass is 31.2. The zero-order chi connectivity index (χ0) is 11.8. The molecule has 0 amide bonds. The van der Waals surface area contributed by atoms with Crippen LogP contribution in [0.1, 0.15) is 34.1 Å². The summed E-state index contributed by atoms with van der Waals surface area (Å²) < 4.78 is 4.58. The minimum absolute atomic E-state index is 0.228. The number of rotatable bonds is 5. The molecule has 0 atom stereocenters. The first-order valence-electron chi connectivity index (χ1n) is 4.97. The standard InChI is InChI=1S/C9H20N2O3P/c1-8(2)11(9(3)4)10-6-5-7-14-15(12)13/h8-9,12-13H,5,7H2,1-4H3/q+1. The van der Waals surface area contributed by atoms with Crippen molar-refractivity contribution in [1.29, 1.82) is 0 Å². The third kappa shape index (κ3) is 7.52. The van der Waals surface area contributed by atoms with Crippen molar-refractivity contribution in [1.82, 2.24) is 5.01 Å². The Bertz CT molecular complexity index is 215. The highest BCUT2D eigenvalue weighted by Crippen LogP contribution is 2.23. The lowest BCUT2D eigenvalue weighted by molar-refractivity contribution is 0.248. The molecule has 0 fully saturated rings. The van der Waals surface area contributed by atoms with Gasteiger partial charge in [0.2, 0.25) is 0 Å². The van der Waals surface area contributed by atoms with Crippen molar-refractivity contribution in [3.05, 3.63) is 4.95 Å². The molecule has 0 aliphatic rings. The molecule has 0 rings (SSSR count). The van der Waals surface area contributed by atoms with Gasteiger partial charge in [0.05, 0.1) is 23.6 Å². The Morgan fingerprint density at radius 1 is 1.27 bits per heavy atom. The fourth-order valence-corrected chi connectivity index (χ4v) is 1.39. The molecule has 0 unspecified atom stereocenters. The lowest BCUT2D eigenvalue weighted by Gasteiger charge is -2.13. The molecule has 0 spiro atoms. The maximum absolute atomic E-state index is 8.47. The second-order valence-electron chi connectivity index (χ2n) is 3.66. The van der Waals surface area contributed by atoms with Crippen LogP contribution in [-0.2, 0) is 4.52 Å². The first kappa shape index (κ1) is 14.6. The van der Waals surface area contributed by atoms with Crippen molar-refractivity contribution >= 4 is 8.60 Å². The Hall–Kier alpha value is -0.400. The lowest BCUT2D eigenvalue weighted by Crippen LogP contribution is -2.30. The molecule has 2 N–H and O–H groups in total. The summed E-state index contributed by atoms with van der Waals surface area (Å²) in [6.45, 7) is 8.46. The van der Waals surface area contributed by atoms with Gasteiger partial charge in [-0.1, -0.05) is 5.01 Å². The molecule has 5 nitrogen and oxygen atoms in total. The number of hydrogen-bond acceptors (Lipinski definition) is 4. The van der Waals surface area contributed by atoms with E-state index in [2.05, 4.69) is 43.2 Å². The van der Waals surface area contributed by atoms with Gasteiger partial charge in [-0.15, -0.1) is 0 Å². The van der Waals surface area contributed by atoms with Gasteiger partial charge < -0.3 is 14.3 Å². The Labute approximate surface area is 92.5 Å². The highest BCUT2D eigenvalue weighted by Gasteiger charge is 2.19. The van der Waals surface area contributed by atoms with Crippen LogP contribution in [0.2, 0.25) is 0 Å². The zero-order valence-corrected chi connectivity index (χ0v) is 10.6. The molecule has 0 aromatic heterocycles. The molecule has 0 bridgehead atoms. The Kier molecular flexibility index (Phi) is 7.63. The molecule has 0 aliphatic heterocycles. The molecule has 15 heavy (non-hydrogen) atoms. The summed E-state index contributed by atoms with van der Waals surface area (Å²) in [6, 6.07) is 3.47. The van der Waals surface area contributed by atoms with E-state index in [1.165, 1.54) is 0 Å². The lowest BCUT2D eigenvalue weighted by atomic mass is 10.3. The van der Waals surface area contributed by atoms with E-state index >= 15 is 0 Å². The van der Waals surface area contributed by atoms with E-state index in [-0.39, 0.29) is 6.61 Å². The maximum Gasteiger partial charge on any atom is 0.327 e. The van der Waals surface area contributed by atoms with E-state index < -0.39 is 8.60 Å². The minimum atomic E-state index is -2.25. The third-order valence-corrected chi connectivity index (χ3v) is 2.08. The summed E-state index contributed by atoms with van der Waals surface area (Å²) in [4.78, 5) is 21.1. The van der Waals surface area contributed by atoms with Crippen molar-refractivity contribution in [3.63, 3.8) is 0 Å². The van der Waals surface area contributed by atoms with Crippen LogP contribution in [0.5, 0.6) is 0 Å². The van der Waals surface area contributed by atoms with E-state index in [0.717, 1.165) is 0 Å². The largest absolute Gasteiger partial charge is 0.328 e. The van der Waals surface area contributed by atoms with Crippen LogP contribution < -0.4 is 0 Å². The quantitative estimate of drug-likeness (QED) is 0.434. The molecular formula is C9H20N2O3P+. The second kappa shape index (κ2) is 7.84. The molecule has 6 heteroatoms. The molecule has 0 aliphatic carbocycles. The fourth-order valence-electron chi connectivity index (χ4n) is 1.13. The number of nitrogens with zero attached hydrogens (tertiary/aromatic N) is 2. The van der Waals surface area contributed by atoms with Gasteiger partial charge in [-0.3, -0.25) is 0 Å². The Morgan fingerprint density at radius 2 is 1.80 bits per heavy atom. The first-order valence-corrected chi connectivity index (χ1v) is 6.14. The summed E-state index contributed by atoms with van der Waals surface area (Å²) in [5.74, 6) is 0. The van der Waals surface area contributed by atoms with Gasteiger partial charge in [0.15, 0.2) is 0 Å². The van der Waals surface area contributed by atoms with E-state index in [0.29, 0.717) is 18.5 Å². The third-order valence-electron chi connectivity index (χ3n) is 1.66. The minimum Gasteiger partial charge on any atom is -0.328 e. The molecule has 0 aromatic carbocycles. The van der Waals surface area contributed by atoms with Gasteiger partial charge >= 0.3 is 14.7 Å². The monoisotopic (exact) mass is 235 g/mol. The zero-order valence-electron chi connectivity index (χ0n) is 9.71. The smallest absolute Gasteiger partial charge is 0.327 e. The predicted octanol–water partition coefficient (Wildman–Crippen LogP) is 1.97. The summed E-state index contributed by atoms with van der Waals surface area (Å²) >= 11 is 0. The van der Waals surface area contributed by atoms with E-state index in [1.54, 1.807) is 0 Å². The van der Waals surface area contributed by atoms with E-state index in [4.69, 9.17) is 9.79 Å². The topological polar surface area (TPSA) is 57.3 Å². The highest BCUT2D eigenvalue weighted by molar-refractivity contribution is 7.39. The average Bonchev–Trinajstić information content (AvgIpc) is 2.08. The summed E-state index contributed by atoms with van der Waals surface area (Å²) in [5.41, 5.74) is 0. The van der Waals surface area contributed by atoms with Crippen molar-refractivity contribution < 1.29 is 14.3 Å². The van der Waals surface area contributed by atoms with E-state index in [1.807, 2.05) is 5.01 Å². The van der Waals surface area contributed by atoms with Crippen LogP contribution in [0.25, 0.3) is 4.95 Å². The normalized spacial score (nSPS) is 10.7.